The number of carbonyl (C=O) groups is 1. The van der Waals surface area contributed by atoms with Crippen LogP contribution in [-0.4, -0.2) is 24.6 Å². The summed E-state index contributed by atoms with van der Waals surface area (Å²) in [7, 11) is 1.37. The Balaban J connectivity index is 1.84. The molecule has 1 saturated carbocycles. The fraction of sp³-hybridized carbons (Fsp3) is 0.636. The van der Waals surface area contributed by atoms with Crippen molar-refractivity contribution < 1.29 is 9.53 Å². The van der Waals surface area contributed by atoms with Gasteiger partial charge >= 0.3 is 5.97 Å². The molecular formula is C11H16N2O2S. The fourth-order valence-electron chi connectivity index (χ4n) is 1.63. The number of hydrogen-bond acceptors (Lipinski definition) is 5. The first-order valence-electron chi connectivity index (χ1n) is 5.48. The molecule has 0 aromatic carbocycles. The Labute approximate surface area is 99.0 Å². The van der Waals surface area contributed by atoms with Crippen LogP contribution in [0.25, 0.3) is 0 Å². The Morgan fingerprint density at radius 1 is 1.75 bits per heavy atom. The van der Waals surface area contributed by atoms with Crippen molar-refractivity contribution in [3.05, 3.63) is 11.1 Å². The van der Waals surface area contributed by atoms with E-state index >= 15 is 0 Å². The van der Waals surface area contributed by atoms with Gasteiger partial charge in [-0.05, 0) is 24.7 Å². The van der Waals surface area contributed by atoms with Crippen LogP contribution in [-0.2, 0) is 4.74 Å². The standard InChI is InChI=1S/C11H16N2O2S/c1-7(8-3-4-8)5-12-11-13-9(6-16-11)10(14)15-2/h6-8H,3-5H2,1-2H3,(H,12,13). The zero-order valence-electron chi connectivity index (χ0n) is 9.53. The van der Waals surface area contributed by atoms with Gasteiger partial charge in [-0.2, -0.15) is 0 Å². The molecule has 1 aliphatic rings. The van der Waals surface area contributed by atoms with Crippen LogP contribution in [0.1, 0.15) is 30.3 Å². The highest BCUT2D eigenvalue weighted by atomic mass is 32.1. The molecule has 1 fully saturated rings. The summed E-state index contributed by atoms with van der Waals surface area (Å²) in [5.41, 5.74) is 0.383. The van der Waals surface area contributed by atoms with E-state index in [1.807, 2.05) is 0 Å². The Morgan fingerprint density at radius 3 is 3.12 bits per heavy atom. The minimum absolute atomic E-state index is 0.375. The summed E-state index contributed by atoms with van der Waals surface area (Å²) >= 11 is 1.44. The highest BCUT2D eigenvalue weighted by Gasteiger charge is 2.27. The van der Waals surface area contributed by atoms with Gasteiger partial charge in [0.2, 0.25) is 0 Å². The van der Waals surface area contributed by atoms with E-state index in [9.17, 15) is 4.79 Å². The molecule has 0 radical (unpaired) electrons. The lowest BCUT2D eigenvalue weighted by molar-refractivity contribution is 0.0595. The molecule has 1 aliphatic carbocycles. The maximum atomic E-state index is 11.2. The molecule has 0 aliphatic heterocycles. The van der Waals surface area contributed by atoms with E-state index in [0.29, 0.717) is 11.6 Å². The second-order valence-corrected chi connectivity index (χ2v) is 5.08. The second kappa shape index (κ2) is 4.82. The summed E-state index contributed by atoms with van der Waals surface area (Å²) in [6.45, 7) is 3.18. The third-order valence-corrected chi connectivity index (χ3v) is 3.70. The first kappa shape index (κ1) is 11.4. The van der Waals surface area contributed by atoms with Gasteiger partial charge in [-0.1, -0.05) is 6.92 Å². The van der Waals surface area contributed by atoms with Gasteiger partial charge in [0.05, 0.1) is 7.11 Å². The number of carbonyl (C=O) groups excluding carboxylic acids is 1. The zero-order valence-corrected chi connectivity index (χ0v) is 10.3. The summed E-state index contributed by atoms with van der Waals surface area (Å²) < 4.78 is 4.60. The SMILES string of the molecule is COC(=O)c1csc(NCC(C)C2CC2)n1. The molecule has 1 N–H and O–H groups in total. The monoisotopic (exact) mass is 240 g/mol. The van der Waals surface area contributed by atoms with Crippen LogP contribution in [0.5, 0.6) is 0 Å². The van der Waals surface area contributed by atoms with E-state index < -0.39 is 0 Å². The fourth-order valence-corrected chi connectivity index (χ4v) is 2.32. The molecule has 4 nitrogen and oxygen atoms in total. The number of hydrogen-bond donors (Lipinski definition) is 1. The minimum Gasteiger partial charge on any atom is -0.464 e. The van der Waals surface area contributed by atoms with Crippen LogP contribution in [0.15, 0.2) is 5.38 Å². The van der Waals surface area contributed by atoms with Gasteiger partial charge in [0.15, 0.2) is 10.8 Å². The van der Waals surface area contributed by atoms with Crippen LogP contribution < -0.4 is 5.32 Å². The van der Waals surface area contributed by atoms with Crippen molar-refractivity contribution in [1.29, 1.82) is 0 Å². The first-order valence-corrected chi connectivity index (χ1v) is 6.36. The molecule has 1 unspecified atom stereocenters. The third kappa shape index (κ3) is 2.72. The largest absolute Gasteiger partial charge is 0.464 e. The van der Waals surface area contributed by atoms with Crippen molar-refractivity contribution in [2.45, 2.75) is 19.8 Å². The number of rotatable bonds is 5. The number of esters is 1. The summed E-state index contributed by atoms with van der Waals surface area (Å²) in [4.78, 5) is 15.3. The molecule has 1 heterocycles. The Kier molecular flexibility index (Phi) is 3.43. The molecule has 1 aromatic heterocycles. The van der Waals surface area contributed by atoms with E-state index in [0.717, 1.165) is 17.6 Å². The van der Waals surface area contributed by atoms with E-state index in [-0.39, 0.29) is 5.97 Å². The van der Waals surface area contributed by atoms with Crippen LogP contribution in [0.4, 0.5) is 5.13 Å². The minimum atomic E-state index is -0.375. The predicted molar refractivity (Wildman–Crippen MR) is 63.8 cm³/mol. The first-order chi connectivity index (χ1) is 7.70. The number of nitrogens with zero attached hydrogens (tertiary/aromatic N) is 1. The molecule has 0 amide bonds. The van der Waals surface area contributed by atoms with Gasteiger partial charge < -0.3 is 10.1 Å². The summed E-state index contributed by atoms with van der Waals surface area (Å²) in [5, 5.41) is 5.78. The highest BCUT2D eigenvalue weighted by molar-refractivity contribution is 7.13. The van der Waals surface area contributed by atoms with Crippen LogP contribution in [0, 0.1) is 11.8 Å². The number of methoxy groups -OCH3 is 1. The Morgan fingerprint density at radius 2 is 2.50 bits per heavy atom. The smallest absolute Gasteiger partial charge is 0.357 e. The molecule has 0 spiro atoms. The van der Waals surface area contributed by atoms with Crippen LogP contribution in [0.3, 0.4) is 0 Å². The molecule has 2 rings (SSSR count). The average Bonchev–Trinajstić information content (AvgIpc) is 3.04. The number of aromatic nitrogens is 1. The molecule has 1 aromatic rings. The van der Waals surface area contributed by atoms with Gasteiger partial charge in [-0.25, -0.2) is 9.78 Å². The lowest BCUT2D eigenvalue weighted by Gasteiger charge is -2.09. The number of thiazole rings is 1. The number of nitrogens with one attached hydrogen (secondary N) is 1. The van der Waals surface area contributed by atoms with Crippen LogP contribution >= 0.6 is 11.3 Å². The molecule has 88 valence electrons. The Bertz CT molecular complexity index is 374. The van der Waals surface area contributed by atoms with Crippen molar-refractivity contribution in [3.8, 4) is 0 Å². The van der Waals surface area contributed by atoms with E-state index in [1.165, 1.54) is 31.3 Å². The summed E-state index contributed by atoms with van der Waals surface area (Å²) in [6.07, 6.45) is 2.71. The van der Waals surface area contributed by atoms with Gasteiger partial charge in [-0.3, -0.25) is 0 Å². The summed E-state index contributed by atoms with van der Waals surface area (Å²) in [6, 6.07) is 0. The van der Waals surface area contributed by atoms with Gasteiger partial charge in [0.1, 0.15) is 0 Å². The summed E-state index contributed by atoms with van der Waals surface area (Å²) in [5.74, 6) is 1.19. The second-order valence-electron chi connectivity index (χ2n) is 4.23. The quantitative estimate of drug-likeness (QED) is 0.803. The maximum absolute atomic E-state index is 11.2. The Hall–Kier alpha value is -1.10. The average molecular weight is 240 g/mol. The van der Waals surface area contributed by atoms with Gasteiger partial charge in [0, 0.05) is 11.9 Å². The normalized spacial score (nSPS) is 16.9. The molecular weight excluding hydrogens is 224 g/mol. The van der Waals surface area contributed by atoms with Crippen molar-refractivity contribution in [3.63, 3.8) is 0 Å². The van der Waals surface area contributed by atoms with E-state index in [2.05, 4.69) is 22.0 Å². The number of anilines is 1. The van der Waals surface area contributed by atoms with Crippen molar-refractivity contribution in [2.75, 3.05) is 19.0 Å². The maximum Gasteiger partial charge on any atom is 0.357 e. The topological polar surface area (TPSA) is 51.2 Å². The van der Waals surface area contributed by atoms with Crippen molar-refractivity contribution >= 4 is 22.4 Å². The van der Waals surface area contributed by atoms with Gasteiger partial charge in [-0.15, -0.1) is 11.3 Å². The van der Waals surface area contributed by atoms with E-state index in [1.54, 1.807) is 5.38 Å². The van der Waals surface area contributed by atoms with Crippen LogP contribution in [0.2, 0.25) is 0 Å². The van der Waals surface area contributed by atoms with Crippen molar-refractivity contribution in [2.24, 2.45) is 11.8 Å². The predicted octanol–water partition coefficient (Wildman–Crippen LogP) is 2.39. The van der Waals surface area contributed by atoms with Crippen molar-refractivity contribution in [1.82, 2.24) is 4.98 Å². The zero-order chi connectivity index (χ0) is 11.5. The molecule has 16 heavy (non-hydrogen) atoms. The highest BCUT2D eigenvalue weighted by Crippen LogP contribution is 2.36. The van der Waals surface area contributed by atoms with E-state index in [4.69, 9.17) is 0 Å². The molecule has 5 heteroatoms. The molecule has 0 saturated heterocycles. The lowest BCUT2D eigenvalue weighted by atomic mass is 10.1. The molecule has 1 atom stereocenters. The number of ether oxygens (including phenoxy) is 1. The molecule has 0 bridgehead atoms. The van der Waals surface area contributed by atoms with Gasteiger partial charge in [0.25, 0.3) is 0 Å². The third-order valence-electron chi connectivity index (χ3n) is 2.90. The lowest BCUT2D eigenvalue weighted by Crippen LogP contribution is -2.13.